The molecule has 29 heavy (non-hydrogen) atoms. The van der Waals surface area contributed by atoms with Crippen LogP contribution in [0.3, 0.4) is 0 Å². The standard InChI is InChI=1S/C22H24ClN3O3/c23-19-9-5-4-8-18(19)16-20(25-21(27)17-6-2-1-3-7-17)22(28)24-10-11-26-12-14-29-15-13-26/h1-9,16H,10-15H2,(H,24,28)(H,25,27)/b20-16+. The first kappa shape index (κ1) is 21.0. The number of hydrogen-bond donors (Lipinski definition) is 2. The van der Waals surface area contributed by atoms with Gasteiger partial charge in [-0.25, -0.2) is 0 Å². The minimum Gasteiger partial charge on any atom is -0.379 e. The van der Waals surface area contributed by atoms with Crippen molar-refractivity contribution in [1.82, 2.24) is 15.5 Å². The predicted octanol–water partition coefficient (Wildman–Crippen LogP) is 2.56. The Balaban J connectivity index is 1.70. The van der Waals surface area contributed by atoms with E-state index in [9.17, 15) is 9.59 Å². The Morgan fingerprint density at radius 1 is 1.03 bits per heavy atom. The molecule has 0 spiro atoms. The summed E-state index contributed by atoms with van der Waals surface area (Å²) in [6.45, 7) is 4.31. The third-order valence-electron chi connectivity index (χ3n) is 4.55. The fraction of sp³-hybridized carbons (Fsp3) is 0.273. The van der Waals surface area contributed by atoms with E-state index in [0.717, 1.165) is 19.6 Å². The number of hydrogen-bond acceptors (Lipinski definition) is 4. The molecule has 0 bridgehead atoms. The van der Waals surface area contributed by atoms with Crippen LogP contribution in [0.25, 0.3) is 6.08 Å². The van der Waals surface area contributed by atoms with Crippen LogP contribution in [-0.2, 0) is 9.53 Å². The lowest BCUT2D eigenvalue weighted by atomic mass is 10.1. The van der Waals surface area contributed by atoms with Crippen molar-refractivity contribution in [3.63, 3.8) is 0 Å². The van der Waals surface area contributed by atoms with Crippen molar-refractivity contribution in [2.24, 2.45) is 0 Å². The van der Waals surface area contributed by atoms with Crippen LogP contribution in [0, 0.1) is 0 Å². The molecule has 1 aliphatic rings. The van der Waals surface area contributed by atoms with Gasteiger partial charge in [0, 0.05) is 36.8 Å². The summed E-state index contributed by atoms with van der Waals surface area (Å²) in [5.74, 6) is -0.713. The van der Waals surface area contributed by atoms with E-state index in [0.29, 0.717) is 35.9 Å². The van der Waals surface area contributed by atoms with Gasteiger partial charge in [0.05, 0.1) is 13.2 Å². The smallest absolute Gasteiger partial charge is 0.267 e. The molecule has 0 unspecified atom stereocenters. The predicted molar refractivity (Wildman–Crippen MR) is 114 cm³/mol. The van der Waals surface area contributed by atoms with Crippen LogP contribution < -0.4 is 10.6 Å². The molecule has 1 saturated heterocycles. The second-order valence-corrected chi connectivity index (χ2v) is 7.02. The van der Waals surface area contributed by atoms with Gasteiger partial charge in [-0.1, -0.05) is 48.0 Å². The molecule has 2 aromatic carbocycles. The molecule has 7 heteroatoms. The number of morpholine rings is 1. The number of rotatable bonds is 7. The monoisotopic (exact) mass is 413 g/mol. The molecule has 1 heterocycles. The Bertz CT molecular complexity index is 865. The van der Waals surface area contributed by atoms with E-state index in [2.05, 4.69) is 15.5 Å². The molecule has 0 aromatic heterocycles. The normalized spacial score (nSPS) is 15.0. The fourth-order valence-electron chi connectivity index (χ4n) is 2.94. The number of nitrogens with zero attached hydrogens (tertiary/aromatic N) is 1. The molecule has 2 N–H and O–H groups in total. The van der Waals surface area contributed by atoms with Gasteiger partial charge in [0.1, 0.15) is 5.70 Å². The van der Waals surface area contributed by atoms with Crippen molar-refractivity contribution in [2.75, 3.05) is 39.4 Å². The van der Waals surface area contributed by atoms with E-state index < -0.39 is 0 Å². The van der Waals surface area contributed by atoms with Crippen LogP contribution in [0.15, 0.2) is 60.3 Å². The summed E-state index contributed by atoms with van der Waals surface area (Å²) in [5, 5.41) is 6.09. The third kappa shape index (κ3) is 6.42. The molecule has 0 saturated carbocycles. The molecule has 152 valence electrons. The van der Waals surface area contributed by atoms with Gasteiger partial charge in [0.2, 0.25) is 0 Å². The first-order valence-electron chi connectivity index (χ1n) is 9.54. The zero-order valence-electron chi connectivity index (χ0n) is 16.1. The largest absolute Gasteiger partial charge is 0.379 e. The maximum atomic E-state index is 12.8. The lowest BCUT2D eigenvalue weighted by molar-refractivity contribution is -0.117. The first-order chi connectivity index (χ1) is 14.1. The van der Waals surface area contributed by atoms with E-state index in [4.69, 9.17) is 16.3 Å². The number of carbonyl (C=O) groups excluding carboxylic acids is 2. The van der Waals surface area contributed by atoms with Gasteiger partial charge in [0.25, 0.3) is 11.8 Å². The first-order valence-corrected chi connectivity index (χ1v) is 9.92. The number of ether oxygens (including phenoxy) is 1. The minimum absolute atomic E-state index is 0.147. The average Bonchev–Trinajstić information content (AvgIpc) is 2.76. The van der Waals surface area contributed by atoms with Crippen LogP contribution >= 0.6 is 11.6 Å². The molecule has 0 aliphatic carbocycles. The van der Waals surface area contributed by atoms with Crippen LogP contribution in [0.1, 0.15) is 15.9 Å². The van der Waals surface area contributed by atoms with Gasteiger partial charge in [-0.15, -0.1) is 0 Å². The van der Waals surface area contributed by atoms with Gasteiger partial charge in [-0.05, 0) is 29.8 Å². The van der Waals surface area contributed by atoms with Gasteiger partial charge < -0.3 is 15.4 Å². The third-order valence-corrected chi connectivity index (χ3v) is 4.90. The van der Waals surface area contributed by atoms with Gasteiger partial charge in [-0.2, -0.15) is 0 Å². The van der Waals surface area contributed by atoms with Gasteiger partial charge in [-0.3, -0.25) is 14.5 Å². The minimum atomic E-state index is -0.359. The van der Waals surface area contributed by atoms with Gasteiger partial charge in [0.15, 0.2) is 0 Å². The highest BCUT2D eigenvalue weighted by atomic mass is 35.5. The number of nitrogens with one attached hydrogen (secondary N) is 2. The van der Waals surface area contributed by atoms with E-state index in [1.165, 1.54) is 0 Å². The van der Waals surface area contributed by atoms with E-state index >= 15 is 0 Å². The van der Waals surface area contributed by atoms with Gasteiger partial charge >= 0.3 is 0 Å². The zero-order valence-corrected chi connectivity index (χ0v) is 16.8. The summed E-state index contributed by atoms with van der Waals surface area (Å²) in [4.78, 5) is 27.6. The Morgan fingerprint density at radius 3 is 2.45 bits per heavy atom. The summed E-state index contributed by atoms with van der Waals surface area (Å²) in [7, 11) is 0. The maximum Gasteiger partial charge on any atom is 0.267 e. The second-order valence-electron chi connectivity index (χ2n) is 6.61. The quantitative estimate of drug-likeness (QED) is 0.684. The summed E-state index contributed by atoms with van der Waals surface area (Å²) < 4.78 is 5.33. The zero-order chi connectivity index (χ0) is 20.5. The molecule has 0 radical (unpaired) electrons. The highest BCUT2D eigenvalue weighted by Crippen LogP contribution is 2.18. The Hall–Kier alpha value is -2.67. The number of benzene rings is 2. The number of halogens is 1. The lowest BCUT2D eigenvalue weighted by Gasteiger charge is -2.26. The van der Waals surface area contributed by atoms with Crippen molar-refractivity contribution in [3.8, 4) is 0 Å². The molecule has 6 nitrogen and oxygen atoms in total. The average molecular weight is 414 g/mol. The lowest BCUT2D eigenvalue weighted by Crippen LogP contribution is -2.42. The SMILES string of the molecule is O=C(NCCN1CCOCC1)/C(=C\c1ccccc1Cl)NC(=O)c1ccccc1. The van der Waals surface area contributed by atoms with Crippen molar-refractivity contribution in [2.45, 2.75) is 0 Å². The highest BCUT2D eigenvalue weighted by molar-refractivity contribution is 6.32. The van der Waals surface area contributed by atoms with E-state index in [-0.39, 0.29) is 17.5 Å². The number of amides is 2. The Morgan fingerprint density at radius 2 is 1.72 bits per heavy atom. The van der Waals surface area contributed by atoms with E-state index in [1.54, 1.807) is 42.5 Å². The molecular formula is C22H24ClN3O3. The summed E-state index contributed by atoms with van der Waals surface area (Å²) in [6.07, 6.45) is 1.59. The summed E-state index contributed by atoms with van der Waals surface area (Å²) >= 11 is 6.22. The molecule has 2 aromatic rings. The second kappa shape index (κ2) is 10.8. The van der Waals surface area contributed by atoms with E-state index in [1.807, 2.05) is 18.2 Å². The Kier molecular flexibility index (Phi) is 7.81. The molecule has 3 rings (SSSR count). The number of carbonyl (C=O) groups is 2. The molecular weight excluding hydrogens is 390 g/mol. The van der Waals surface area contributed by atoms with Crippen molar-refractivity contribution < 1.29 is 14.3 Å². The van der Waals surface area contributed by atoms with Crippen LogP contribution in [0.4, 0.5) is 0 Å². The van der Waals surface area contributed by atoms with Crippen LogP contribution in [0.5, 0.6) is 0 Å². The summed E-state index contributed by atoms with van der Waals surface area (Å²) in [6, 6.07) is 15.9. The van der Waals surface area contributed by atoms with Crippen LogP contribution in [0.2, 0.25) is 5.02 Å². The Labute approximate surface area is 175 Å². The summed E-state index contributed by atoms with van der Waals surface area (Å²) in [5.41, 5.74) is 1.27. The van der Waals surface area contributed by atoms with Crippen molar-refractivity contribution >= 4 is 29.5 Å². The van der Waals surface area contributed by atoms with Crippen LogP contribution in [-0.4, -0.2) is 56.1 Å². The molecule has 2 amide bonds. The highest BCUT2D eigenvalue weighted by Gasteiger charge is 2.16. The fourth-order valence-corrected chi connectivity index (χ4v) is 3.13. The maximum absolute atomic E-state index is 12.8. The molecule has 1 aliphatic heterocycles. The molecule has 1 fully saturated rings. The topological polar surface area (TPSA) is 70.7 Å². The van der Waals surface area contributed by atoms with Crippen molar-refractivity contribution in [3.05, 3.63) is 76.4 Å². The van der Waals surface area contributed by atoms with Crippen molar-refractivity contribution in [1.29, 1.82) is 0 Å². The molecule has 0 atom stereocenters.